The summed E-state index contributed by atoms with van der Waals surface area (Å²) in [7, 11) is 0. The van der Waals surface area contributed by atoms with Gasteiger partial charge >= 0.3 is 5.97 Å². The number of amides is 1. The highest BCUT2D eigenvalue weighted by molar-refractivity contribution is 7.99. The van der Waals surface area contributed by atoms with Gasteiger partial charge in [0.25, 0.3) is 0 Å². The molecular weight excluding hydrogens is 354 g/mol. The number of thioether (sulfide) groups is 1. The van der Waals surface area contributed by atoms with Crippen LogP contribution in [0.4, 0.5) is 5.69 Å². The molecule has 1 amide bonds. The predicted octanol–water partition coefficient (Wildman–Crippen LogP) is 2.32. The van der Waals surface area contributed by atoms with E-state index in [1.807, 2.05) is 12.1 Å². The minimum atomic E-state index is -0.379. The second-order valence-electron chi connectivity index (χ2n) is 5.68. The van der Waals surface area contributed by atoms with E-state index in [1.165, 1.54) is 17.8 Å². The van der Waals surface area contributed by atoms with Gasteiger partial charge in [-0.3, -0.25) is 4.79 Å². The largest absolute Gasteiger partial charge is 0.463 e. The number of carbonyl (C=O) groups is 2. The van der Waals surface area contributed by atoms with Gasteiger partial charge in [-0.05, 0) is 54.0 Å². The predicted molar refractivity (Wildman–Crippen MR) is 97.6 cm³/mol. The summed E-state index contributed by atoms with van der Waals surface area (Å²) in [6.07, 6.45) is 5.21. The zero-order valence-corrected chi connectivity index (χ0v) is 15.1. The number of hydrogen-bond donors (Lipinski definition) is 1. The molecule has 0 aliphatic heterocycles. The minimum Gasteiger partial charge on any atom is -0.463 e. The molecule has 8 nitrogen and oxygen atoms in total. The van der Waals surface area contributed by atoms with Gasteiger partial charge < -0.3 is 10.1 Å². The van der Waals surface area contributed by atoms with Crippen LogP contribution in [0, 0.1) is 0 Å². The van der Waals surface area contributed by atoms with Gasteiger partial charge in [0.15, 0.2) is 0 Å². The molecule has 1 N–H and O–H groups in total. The fourth-order valence-electron chi connectivity index (χ4n) is 2.19. The highest BCUT2D eigenvalue weighted by atomic mass is 32.2. The van der Waals surface area contributed by atoms with Crippen molar-refractivity contribution in [2.45, 2.75) is 31.0 Å². The minimum absolute atomic E-state index is 0.129. The van der Waals surface area contributed by atoms with E-state index in [1.54, 1.807) is 29.8 Å². The second kappa shape index (κ2) is 8.61. The molecule has 26 heavy (non-hydrogen) atoms. The van der Waals surface area contributed by atoms with Crippen LogP contribution in [0.5, 0.6) is 0 Å². The molecular formula is C17H19N5O3S. The molecule has 9 heteroatoms. The average molecular weight is 373 g/mol. The Kier molecular flexibility index (Phi) is 6.00. The zero-order chi connectivity index (χ0) is 18.4. The molecule has 136 valence electrons. The lowest BCUT2D eigenvalue weighted by atomic mass is 10.2. The summed E-state index contributed by atoms with van der Waals surface area (Å²) in [5, 5.41) is 15.1. The van der Waals surface area contributed by atoms with E-state index < -0.39 is 0 Å². The molecule has 1 aromatic heterocycles. The van der Waals surface area contributed by atoms with E-state index in [9.17, 15) is 9.59 Å². The Hall–Kier alpha value is -2.68. The molecule has 1 saturated carbocycles. The molecule has 0 spiro atoms. The standard InChI is InChI=1S/C17H19N5O3S/c1-2-25-16(24)10-5-12-3-6-13(7-4-12)18-15(23)11-26-17-19-20-21-22(17)14-8-9-14/h3-7,10,14H,2,8-9,11H2,1H3,(H,18,23). The number of esters is 1. The van der Waals surface area contributed by atoms with Crippen molar-refractivity contribution < 1.29 is 14.3 Å². The first-order chi connectivity index (χ1) is 12.7. The van der Waals surface area contributed by atoms with Gasteiger partial charge in [-0.2, -0.15) is 0 Å². The summed E-state index contributed by atoms with van der Waals surface area (Å²) in [5.41, 5.74) is 1.53. The normalized spacial score (nSPS) is 13.7. The van der Waals surface area contributed by atoms with Crippen LogP contribution in [0.25, 0.3) is 6.08 Å². The van der Waals surface area contributed by atoms with Crippen LogP contribution in [0.15, 0.2) is 35.5 Å². The fourth-order valence-corrected chi connectivity index (χ4v) is 2.93. The lowest BCUT2D eigenvalue weighted by molar-refractivity contribution is -0.137. The topological polar surface area (TPSA) is 99.0 Å². The average Bonchev–Trinajstić information content (AvgIpc) is 3.37. The number of nitrogens with zero attached hydrogens (tertiary/aromatic N) is 4. The monoisotopic (exact) mass is 373 g/mol. The number of benzene rings is 1. The number of aromatic nitrogens is 4. The van der Waals surface area contributed by atoms with Crippen molar-refractivity contribution >= 4 is 35.4 Å². The maximum atomic E-state index is 12.1. The maximum absolute atomic E-state index is 12.1. The summed E-state index contributed by atoms with van der Waals surface area (Å²) in [6, 6.07) is 7.56. The van der Waals surface area contributed by atoms with Crippen molar-refractivity contribution in [1.29, 1.82) is 0 Å². The summed E-state index contributed by atoms with van der Waals surface area (Å²) in [5.74, 6) is -0.275. The third-order valence-electron chi connectivity index (χ3n) is 3.58. The van der Waals surface area contributed by atoms with Crippen molar-refractivity contribution in [2.75, 3.05) is 17.7 Å². The number of anilines is 1. The number of carbonyl (C=O) groups excluding carboxylic acids is 2. The molecule has 1 aliphatic rings. The highest BCUT2D eigenvalue weighted by Crippen LogP contribution is 2.36. The summed E-state index contributed by atoms with van der Waals surface area (Å²) in [4.78, 5) is 23.4. The van der Waals surface area contributed by atoms with Gasteiger partial charge in [0.05, 0.1) is 18.4 Å². The Bertz CT molecular complexity index is 799. The first-order valence-electron chi connectivity index (χ1n) is 8.31. The fraction of sp³-hybridized carbons (Fsp3) is 0.353. The van der Waals surface area contributed by atoms with Crippen LogP contribution < -0.4 is 5.32 Å². The van der Waals surface area contributed by atoms with Crippen molar-refractivity contribution in [1.82, 2.24) is 20.2 Å². The van der Waals surface area contributed by atoms with Crippen LogP contribution in [0.2, 0.25) is 0 Å². The molecule has 2 aromatic rings. The molecule has 0 bridgehead atoms. The number of tetrazole rings is 1. The number of hydrogen-bond acceptors (Lipinski definition) is 7. The van der Waals surface area contributed by atoms with E-state index >= 15 is 0 Å². The van der Waals surface area contributed by atoms with Crippen molar-refractivity contribution in [3.8, 4) is 0 Å². The Labute approximate surface area is 155 Å². The molecule has 0 unspecified atom stereocenters. The van der Waals surface area contributed by atoms with Gasteiger partial charge in [0.2, 0.25) is 11.1 Å². The van der Waals surface area contributed by atoms with Gasteiger partial charge in [-0.25, -0.2) is 9.48 Å². The van der Waals surface area contributed by atoms with Crippen LogP contribution in [-0.4, -0.2) is 44.4 Å². The lowest BCUT2D eigenvalue weighted by Crippen LogP contribution is -2.14. The zero-order valence-electron chi connectivity index (χ0n) is 14.3. The van der Waals surface area contributed by atoms with Crippen LogP contribution >= 0.6 is 11.8 Å². The van der Waals surface area contributed by atoms with E-state index in [0.29, 0.717) is 23.5 Å². The Balaban J connectivity index is 1.48. The molecule has 0 saturated heterocycles. The van der Waals surface area contributed by atoms with Crippen LogP contribution in [0.1, 0.15) is 31.4 Å². The molecule has 1 aliphatic carbocycles. The summed E-state index contributed by atoms with van der Waals surface area (Å²) in [6.45, 7) is 2.10. The molecule has 1 aromatic carbocycles. The molecule has 1 fully saturated rings. The highest BCUT2D eigenvalue weighted by Gasteiger charge is 2.28. The van der Waals surface area contributed by atoms with E-state index in [-0.39, 0.29) is 17.6 Å². The van der Waals surface area contributed by atoms with E-state index in [0.717, 1.165) is 18.4 Å². The van der Waals surface area contributed by atoms with Crippen molar-refractivity contribution in [3.05, 3.63) is 35.9 Å². The smallest absolute Gasteiger partial charge is 0.330 e. The Morgan fingerprint density at radius 1 is 1.35 bits per heavy atom. The molecule has 0 radical (unpaired) electrons. The molecule has 0 atom stereocenters. The third-order valence-corrected chi connectivity index (χ3v) is 4.51. The first kappa shape index (κ1) is 18.1. The first-order valence-corrected chi connectivity index (χ1v) is 9.29. The van der Waals surface area contributed by atoms with E-state index in [2.05, 4.69) is 20.8 Å². The van der Waals surface area contributed by atoms with Crippen LogP contribution in [-0.2, 0) is 14.3 Å². The number of nitrogens with one attached hydrogen (secondary N) is 1. The maximum Gasteiger partial charge on any atom is 0.330 e. The summed E-state index contributed by atoms with van der Waals surface area (Å²) < 4.78 is 6.60. The molecule has 1 heterocycles. The van der Waals surface area contributed by atoms with Gasteiger partial charge in [-0.1, -0.05) is 23.9 Å². The van der Waals surface area contributed by atoms with Gasteiger partial charge in [0, 0.05) is 11.8 Å². The number of rotatable bonds is 8. The Morgan fingerprint density at radius 3 is 2.81 bits per heavy atom. The quantitative estimate of drug-likeness (QED) is 0.431. The van der Waals surface area contributed by atoms with Gasteiger partial charge in [-0.15, -0.1) is 5.10 Å². The lowest BCUT2D eigenvalue weighted by Gasteiger charge is -2.05. The number of ether oxygens (including phenoxy) is 1. The van der Waals surface area contributed by atoms with Crippen LogP contribution in [0.3, 0.4) is 0 Å². The third kappa shape index (κ3) is 5.16. The molecule has 3 rings (SSSR count). The van der Waals surface area contributed by atoms with E-state index in [4.69, 9.17) is 4.74 Å². The van der Waals surface area contributed by atoms with Gasteiger partial charge in [0.1, 0.15) is 0 Å². The second-order valence-corrected chi connectivity index (χ2v) is 6.62. The Morgan fingerprint density at radius 2 is 2.12 bits per heavy atom. The summed E-state index contributed by atoms with van der Waals surface area (Å²) >= 11 is 1.32. The van der Waals surface area contributed by atoms with Crippen molar-refractivity contribution in [2.24, 2.45) is 0 Å². The SMILES string of the molecule is CCOC(=O)C=Cc1ccc(NC(=O)CSc2nnnn2C2CC2)cc1. The van der Waals surface area contributed by atoms with Crippen molar-refractivity contribution in [3.63, 3.8) is 0 Å².